The Balaban J connectivity index is 1.58. The van der Waals surface area contributed by atoms with Crippen LogP contribution in [0.4, 0.5) is 5.69 Å². The standard InChI is InChI=1S/C26H25N3O4/c1-13(30)28-21-15-5-3-4-6-17(15)29-22-16(21)12-26(31)19-11-14-7-8-18(32-2)23-20(14)25(26,9-10-27-19)24(22)33-23/h3-8,19,24,27,31H,9-12H2,1-2H3,(H,28,29,30)/t19?,24?,25-,26?/m0/s1. The minimum absolute atomic E-state index is 0.117. The number of rotatable bonds is 2. The number of anilines is 1. The highest BCUT2D eigenvalue weighted by Gasteiger charge is 2.71. The van der Waals surface area contributed by atoms with Gasteiger partial charge in [-0.25, -0.2) is 4.98 Å². The molecule has 2 aromatic carbocycles. The molecule has 2 bridgehead atoms. The van der Waals surface area contributed by atoms with E-state index in [1.807, 2.05) is 30.3 Å². The maximum absolute atomic E-state index is 12.5. The van der Waals surface area contributed by atoms with E-state index in [-0.39, 0.29) is 11.9 Å². The van der Waals surface area contributed by atoms with Gasteiger partial charge in [-0.1, -0.05) is 24.3 Å². The minimum atomic E-state index is -1.08. The average Bonchev–Trinajstić information content (AvgIpc) is 3.14. The number of aliphatic hydroxyl groups is 1. The maximum Gasteiger partial charge on any atom is 0.221 e. The zero-order chi connectivity index (χ0) is 22.5. The highest BCUT2D eigenvalue weighted by Crippen LogP contribution is 2.68. The fourth-order valence-corrected chi connectivity index (χ4v) is 7.02. The fourth-order valence-electron chi connectivity index (χ4n) is 7.02. The third-order valence-electron chi connectivity index (χ3n) is 8.26. The summed E-state index contributed by atoms with van der Waals surface area (Å²) in [7, 11) is 1.65. The Kier molecular flexibility index (Phi) is 3.66. The van der Waals surface area contributed by atoms with Gasteiger partial charge in [0.25, 0.3) is 0 Å². The predicted molar refractivity (Wildman–Crippen MR) is 123 cm³/mol. The molecule has 7 nitrogen and oxygen atoms in total. The van der Waals surface area contributed by atoms with Crippen molar-refractivity contribution in [3.63, 3.8) is 0 Å². The molecule has 4 atom stereocenters. The number of methoxy groups -OCH3 is 1. The van der Waals surface area contributed by atoms with E-state index in [1.54, 1.807) is 7.11 Å². The van der Waals surface area contributed by atoms with Gasteiger partial charge in [-0.3, -0.25) is 4.79 Å². The van der Waals surface area contributed by atoms with E-state index in [2.05, 4.69) is 16.7 Å². The lowest BCUT2D eigenvalue weighted by Gasteiger charge is -2.60. The summed E-state index contributed by atoms with van der Waals surface area (Å²) in [4.78, 5) is 17.3. The van der Waals surface area contributed by atoms with Crippen molar-refractivity contribution in [1.29, 1.82) is 0 Å². The van der Waals surface area contributed by atoms with Gasteiger partial charge in [0, 0.05) is 35.9 Å². The van der Waals surface area contributed by atoms with Gasteiger partial charge in [0.2, 0.25) is 5.91 Å². The summed E-state index contributed by atoms with van der Waals surface area (Å²) in [6.45, 7) is 2.31. The first kappa shape index (κ1) is 19.3. The normalized spacial score (nSPS) is 30.3. The molecule has 7 rings (SSSR count). The number of benzene rings is 2. The molecule has 4 aliphatic rings. The minimum Gasteiger partial charge on any atom is -0.493 e. The number of amides is 1. The third-order valence-corrected chi connectivity index (χ3v) is 8.26. The molecule has 3 aromatic rings. The Morgan fingerprint density at radius 3 is 2.97 bits per heavy atom. The SMILES string of the molecule is COc1ccc2c3c1OC1c4nc5ccccc5c(NC(C)=O)c4CC4(O)C(C2)NCC[C@]314. The summed E-state index contributed by atoms with van der Waals surface area (Å²) in [5, 5.41) is 20.0. The molecule has 1 spiro atoms. The number of carbonyl (C=O) groups is 1. The number of nitrogens with one attached hydrogen (secondary N) is 2. The van der Waals surface area contributed by atoms with Gasteiger partial charge in [0.05, 0.1) is 35.0 Å². The van der Waals surface area contributed by atoms with Crippen molar-refractivity contribution < 1.29 is 19.4 Å². The van der Waals surface area contributed by atoms with Gasteiger partial charge in [-0.15, -0.1) is 0 Å². The first-order valence-electron chi connectivity index (χ1n) is 11.5. The van der Waals surface area contributed by atoms with Crippen LogP contribution in [0.2, 0.25) is 0 Å². The largest absolute Gasteiger partial charge is 0.493 e. The fraction of sp³-hybridized carbons (Fsp3) is 0.385. The van der Waals surface area contributed by atoms with Crippen molar-refractivity contribution in [2.24, 2.45) is 0 Å². The molecule has 1 fully saturated rings. The zero-order valence-electron chi connectivity index (χ0n) is 18.6. The van der Waals surface area contributed by atoms with Crippen molar-refractivity contribution in [2.75, 3.05) is 19.0 Å². The van der Waals surface area contributed by atoms with Crippen LogP contribution in [0, 0.1) is 0 Å². The second kappa shape index (κ2) is 6.24. The highest BCUT2D eigenvalue weighted by molar-refractivity contribution is 6.02. The second-order valence-electron chi connectivity index (χ2n) is 9.71. The van der Waals surface area contributed by atoms with E-state index in [9.17, 15) is 9.90 Å². The Morgan fingerprint density at radius 2 is 2.15 bits per heavy atom. The van der Waals surface area contributed by atoms with Crippen molar-refractivity contribution in [3.8, 4) is 11.5 Å². The van der Waals surface area contributed by atoms with Gasteiger partial charge in [-0.05, 0) is 37.1 Å². The van der Waals surface area contributed by atoms with Crippen molar-refractivity contribution in [1.82, 2.24) is 10.3 Å². The Morgan fingerprint density at radius 1 is 1.30 bits per heavy atom. The van der Waals surface area contributed by atoms with E-state index in [4.69, 9.17) is 14.5 Å². The lowest BCUT2D eigenvalue weighted by Crippen LogP contribution is -2.74. The molecular formula is C26H25N3O4. The zero-order valence-corrected chi connectivity index (χ0v) is 18.6. The molecule has 33 heavy (non-hydrogen) atoms. The third kappa shape index (κ3) is 2.17. The predicted octanol–water partition coefficient (Wildman–Crippen LogP) is 2.78. The number of fused-ring (bicyclic) bond motifs is 3. The summed E-state index contributed by atoms with van der Waals surface area (Å²) in [5.74, 6) is 1.26. The Labute approximate surface area is 191 Å². The molecule has 1 aromatic heterocycles. The second-order valence-corrected chi connectivity index (χ2v) is 9.71. The number of pyridine rings is 1. The van der Waals surface area contributed by atoms with Gasteiger partial charge in [0.1, 0.15) is 0 Å². The number of aromatic nitrogens is 1. The van der Waals surface area contributed by atoms with Crippen molar-refractivity contribution in [2.45, 2.75) is 49.3 Å². The summed E-state index contributed by atoms with van der Waals surface area (Å²) < 4.78 is 12.4. The number of para-hydroxylation sites is 1. The van der Waals surface area contributed by atoms with Crippen LogP contribution in [0.3, 0.4) is 0 Å². The Bertz CT molecular complexity index is 1370. The molecule has 7 heteroatoms. The van der Waals surface area contributed by atoms with E-state index < -0.39 is 17.1 Å². The average molecular weight is 444 g/mol. The smallest absolute Gasteiger partial charge is 0.221 e. The molecule has 1 amide bonds. The van der Waals surface area contributed by atoms with Crippen LogP contribution < -0.4 is 20.1 Å². The van der Waals surface area contributed by atoms with Gasteiger partial charge < -0.3 is 25.2 Å². The molecule has 2 aliphatic carbocycles. The van der Waals surface area contributed by atoms with E-state index in [0.717, 1.165) is 52.1 Å². The van der Waals surface area contributed by atoms with Gasteiger partial charge >= 0.3 is 0 Å². The van der Waals surface area contributed by atoms with E-state index >= 15 is 0 Å². The molecular weight excluding hydrogens is 418 g/mol. The van der Waals surface area contributed by atoms with Crippen LogP contribution in [0.25, 0.3) is 10.9 Å². The van der Waals surface area contributed by atoms with E-state index in [0.29, 0.717) is 18.6 Å². The summed E-state index contributed by atoms with van der Waals surface area (Å²) in [6, 6.07) is 11.8. The number of hydrogen-bond acceptors (Lipinski definition) is 6. The van der Waals surface area contributed by atoms with E-state index in [1.165, 1.54) is 12.5 Å². The van der Waals surface area contributed by atoms with Crippen molar-refractivity contribution in [3.05, 3.63) is 58.8 Å². The summed E-state index contributed by atoms with van der Waals surface area (Å²) >= 11 is 0. The van der Waals surface area contributed by atoms with Crippen LogP contribution in [0.5, 0.6) is 11.5 Å². The number of nitrogens with zero attached hydrogens (tertiary/aromatic N) is 1. The topological polar surface area (TPSA) is 92.7 Å². The first-order chi connectivity index (χ1) is 16.0. The number of piperidine rings is 1. The number of ether oxygens (including phenoxy) is 2. The number of hydrogen-bond donors (Lipinski definition) is 3. The molecule has 2 aliphatic heterocycles. The van der Waals surface area contributed by atoms with Crippen LogP contribution in [0.1, 0.15) is 41.8 Å². The Hall–Kier alpha value is -3.16. The van der Waals surface area contributed by atoms with Crippen LogP contribution in [-0.4, -0.2) is 41.3 Å². The first-order valence-corrected chi connectivity index (χ1v) is 11.5. The summed E-state index contributed by atoms with van der Waals surface area (Å²) in [5.41, 5.74) is 3.76. The maximum atomic E-state index is 12.5. The van der Waals surface area contributed by atoms with Crippen molar-refractivity contribution >= 4 is 22.5 Å². The van der Waals surface area contributed by atoms with Gasteiger partial charge in [0.15, 0.2) is 17.6 Å². The molecule has 0 radical (unpaired) electrons. The lowest BCUT2D eigenvalue weighted by atomic mass is 9.49. The molecule has 3 heterocycles. The highest BCUT2D eigenvalue weighted by atomic mass is 16.5. The lowest BCUT2D eigenvalue weighted by molar-refractivity contribution is -0.134. The molecule has 3 N–H and O–H groups in total. The molecule has 168 valence electrons. The van der Waals surface area contributed by atoms with Crippen LogP contribution in [0.15, 0.2) is 36.4 Å². The molecule has 1 saturated heterocycles. The quantitative estimate of drug-likeness (QED) is 0.564. The van der Waals surface area contributed by atoms with Gasteiger partial charge in [-0.2, -0.15) is 0 Å². The summed E-state index contributed by atoms with van der Waals surface area (Å²) in [6.07, 6.45) is 1.38. The van der Waals surface area contributed by atoms with Crippen LogP contribution in [-0.2, 0) is 23.1 Å². The van der Waals surface area contributed by atoms with Crippen LogP contribution >= 0.6 is 0 Å². The number of carbonyl (C=O) groups excluding carboxylic acids is 1. The monoisotopic (exact) mass is 443 g/mol. The molecule has 0 saturated carbocycles. The molecule has 3 unspecified atom stereocenters.